The number of fused-ring (bicyclic) bond motifs is 3. The lowest BCUT2D eigenvalue weighted by Crippen LogP contribution is -2.67. The maximum atomic E-state index is 14.3. The average Bonchev–Trinajstić information content (AvgIpc) is 3.33. The van der Waals surface area contributed by atoms with Crippen molar-refractivity contribution in [2.24, 2.45) is 24.6 Å². The van der Waals surface area contributed by atoms with Crippen molar-refractivity contribution in [1.82, 2.24) is 9.47 Å². The zero-order valence-corrected chi connectivity index (χ0v) is 27.8. The summed E-state index contributed by atoms with van der Waals surface area (Å²) in [6.45, 7) is 5.80. The molecule has 1 fully saturated rings. The molecule has 2 amide bonds. The Labute approximate surface area is 272 Å². The number of aromatic nitrogens is 1. The van der Waals surface area contributed by atoms with Crippen molar-refractivity contribution >= 4 is 22.9 Å². The van der Waals surface area contributed by atoms with Crippen LogP contribution in [0.15, 0.2) is 78.9 Å². The summed E-state index contributed by atoms with van der Waals surface area (Å²) in [6, 6.07) is 26.8. The third-order valence-electron chi connectivity index (χ3n) is 10.2. The molecule has 1 unspecified atom stereocenters. The summed E-state index contributed by atoms with van der Waals surface area (Å²) < 4.78 is 14.3. The number of carbonyl (C=O) groups is 2. The Hall–Kier alpha value is -4.10. The second-order valence-electron chi connectivity index (χ2n) is 14.2. The van der Waals surface area contributed by atoms with E-state index in [0.717, 1.165) is 54.3 Å². The second kappa shape index (κ2) is 12.6. The van der Waals surface area contributed by atoms with Crippen molar-refractivity contribution < 1.29 is 19.1 Å². The summed E-state index contributed by atoms with van der Waals surface area (Å²) in [5, 5.41) is 1.09. The van der Waals surface area contributed by atoms with Crippen molar-refractivity contribution in [2.75, 3.05) is 13.7 Å². The largest absolute Gasteiger partial charge is 0.444 e. The fourth-order valence-corrected chi connectivity index (χ4v) is 8.24. The SMILES string of the molecule is COC[C@@]1(C2CCC(Cc3ccc(-c4ccccc4)cc3)CC2)c2c(c3ccccc3n2C)CC(C(N)=O)N1C(=O)OC(C)(C)C. The summed E-state index contributed by atoms with van der Waals surface area (Å²) in [6.07, 6.45) is 4.63. The van der Waals surface area contributed by atoms with Gasteiger partial charge in [-0.2, -0.15) is 0 Å². The molecule has 1 aliphatic carbocycles. The number of para-hydroxylation sites is 1. The Morgan fingerprint density at radius 1 is 0.891 bits per heavy atom. The van der Waals surface area contributed by atoms with Gasteiger partial charge in [-0.15, -0.1) is 0 Å². The van der Waals surface area contributed by atoms with Crippen LogP contribution in [0.2, 0.25) is 0 Å². The van der Waals surface area contributed by atoms with E-state index in [4.69, 9.17) is 15.2 Å². The first kappa shape index (κ1) is 31.9. The van der Waals surface area contributed by atoms with Crippen LogP contribution in [0.1, 0.15) is 63.3 Å². The van der Waals surface area contributed by atoms with Gasteiger partial charge in [-0.1, -0.05) is 72.8 Å². The highest BCUT2D eigenvalue weighted by Gasteiger charge is 2.58. The van der Waals surface area contributed by atoms with Gasteiger partial charge < -0.3 is 19.8 Å². The predicted octanol–water partition coefficient (Wildman–Crippen LogP) is 7.38. The fourth-order valence-electron chi connectivity index (χ4n) is 8.24. The molecule has 1 aliphatic heterocycles. The Kier molecular flexibility index (Phi) is 8.73. The van der Waals surface area contributed by atoms with E-state index >= 15 is 0 Å². The van der Waals surface area contributed by atoms with Crippen LogP contribution in [0.3, 0.4) is 0 Å². The fraction of sp³-hybridized carbons (Fsp3) is 0.436. The van der Waals surface area contributed by atoms with Crippen molar-refractivity contribution in [3.8, 4) is 11.1 Å². The minimum Gasteiger partial charge on any atom is -0.444 e. The molecule has 1 saturated carbocycles. The van der Waals surface area contributed by atoms with Gasteiger partial charge in [-0.25, -0.2) is 4.79 Å². The van der Waals surface area contributed by atoms with Crippen molar-refractivity contribution in [1.29, 1.82) is 0 Å². The second-order valence-corrected chi connectivity index (χ2v) is 14.2. The maximum absolute atomic E-state index is 14.3. The zero-order chi connectivity index (χ0) is 32.6. The number of primary amides is 1. The molecule has 1 aromatic heterocycles. The van der Waals surface area contributed by atoms with Gasteiger partial charge in [0.1, 0.15) is 17.2 Å². The van der Waals surface area contributed by atoms with Crippen LogP contribution in [0.4, 0.5) is 4.79 Å². The summed E-state index contributed by atoms with van der Waals surface area (Å²) in [5.74, 6) is 0.0361. The van der Waals surface area contributed by atoms with E-state index in [1.807, 2.05) is 39.0 Å². The first-order valence-electron chi connectivity index (χ1n) is 16.5. The van der Waals surface area contributed by atoms with Gasteiger partial charge in [0.2, 0.25) is 5.91 Å². The lowest BCUT2D eigenvalue weighted by molar-refractivity contribution is -0.134. The topological polar surface area (TPSA) is 86.8 Å². The molecule has 0 radical (unpaired) electrons. The molecular weight excluding hydrogens is 574 g/mol. The highest BCUT2D eigenvalue weighted by molar-refractivity contribution is 5.91. The van der Waals surface area contributed by atoms with Crippen LogP contribution >= 0.6 is 0 Å². The molecule has 4 aromatic rings. The smallest absolute Gasteiger partial charge is 0.411 e. The number of aryl methyl sites for hydroxylation is 1. The standard InChI is InChI=1S/C39H47N3O4/c1-38(2,3)46-37(44)42-34(36(40)43)24-32-31-13-9-10-14-33(31)41(4)35(32)39(42,25-45-5)30-21-17-27(18-22-30)23-26-15-19-29(20-16-26)28-11-7-6-8-12-28/h6-16,19-20,27,30,34H,17-18,21-25H2,1-5H3,(H2,40,43)/t27?,30?,34?,39-/m1/s1. The van der Waals surface area contributed by atoms with Crippen LogP contribution < -0.4 is 5.73 Å². The lowest BCUT2D eigenvalue weighted by atomic mass is 9.66. The van der Waals surface area contributed by atoms with E-state index in [-0.39, 0.29) is 12.5 Å². The van der Waals surface area contributed by atoms with E-state index in [0.29, 0.717) is 12.3 Å². The van der Waals surface area contributed by atoms with Gasteiger partial charge in [-0.05, 0) is 93.0 Å². The number of hydrogen-bond acceptors (Lipinski definition) is 4. The molecular formula is C39H47N3O4. The minimum atomic E-state index is -0.930. The van der Waals surface area contributed by atoms with Crippen LogP contribution in [0, 0.1) is 11.8 Å². The molecule has 7 nitrogen and oxygen atoms in total. The molecule has 7 heteroatoms. The lowest BCUT2D eigenvalue weighted by Gasteiger charge is -2.55. The highest BCUT2D eigenvalue weighted by atomic mass is 16.6. The third kappa shape index (κ3) is 5.81. The minimum absolute atomic E-state index is 0.0422. The number of amides is 2. The van der Waals surface area contributed by atoms with Crippen LogP contribution in [0.25, 0.3) is 22.0 Å². The monoisotopic (exact) mass is 621 g/mol. The van der Waals surface area contributed by atoms with E-state index in [1.54, 1.807) is 12.0 Å². The number of methoxy groups -OCH3 is 1. The normalized spacial score (nSPS) is 23.2. The summed E-state index contributed by atoms with van der Waals surface area (Å²) in [7, 11) is 3.74. The molecule has 6 rings (SSSR count). The number of benzene rings is 3. The van der Waals surface area contributed by atoms with Gasteiger partial charge >= 0.3 is 6.09 Å². The maximum Gasteiger partial charge on any atom is 0.411 e. The van der Waals surface area contributed by atoms with Crippen molar-refractivity contribution in [3.63, 3.8) is 0 Å². The molecule has 0 saturated heterocycles. The number of nitrogens with zero attached hydrogens (tertiary/aromatic N) is 2. The van der Waals surface area contributed by atoms with E-state index < -0.39 is 29.2 Å². The summed E-state index contributed by atoms with van der Waals surface area (Å²) in [4.78, 5) is 29.2. The first-order chi connectivity index (χ1) is 22.0. The Balaban J connectivity index is 1.36. The Bertz CT molecular complexity index is 1700. The first-order valence-corrected chi connectivity index (χ1v) is 16.5. The van der Waals surface area contributed by atoms with Crippen molar-refractivity contribution in [3.05, 3.63) is 95.7 Å². The molecule has 0 spiro atoms. The van der Waals surface area contributed by atoms with Gasteiger partial charge in [0.25, 0.3) is 0 Å². The average molecular weight is 622 g/mol. The van der Waals surface area contributed by atoms with E-state index in [2.05, 4.69) is 72.3 Å². The molecule has 2 N–H and O–H groups in total. The number of ether oxygens (including phenoxy) is 2. The van der Waals surface area contributed by atoms with E-state index in [1.165, 1.54) is 16.7 Å². The van der Waals surface area contributed by atoms with Crippen molar-refractivity contribution in [2.45, 2.75) is 76.5 Å². The predicted molar refractivity (Wildman–Crippen MR) is 182 cm³/mol. The quantitative estimate of drug-likeness (QED) is 0.233. The summed E-state index contributed by atoms with van der Waals surface area (Å²) in [5.41, 5.74) is 11.4. The van der Waals surface area contributed by atoms with Crippen LogP contribution in [-0.2, 0) is 39.7 Å². The van der Waals surface area contributed by atoms with Gasteiger partial charge in [0, 0.05) is 31.5 Å². The zero-order valence-electron chi connectivity index (χ0n) is 27.8. The third-order valence-corrected chi connectivity index (χ3v) is 10.2. The van der Waals surface area contributed by atoms with Gasteiger partial charge in [0.05, 0.1) is 12.3 Å². The van der Waals surface area contributed by atoms with Gasteiger partial charge in [-0.3, -0.25) is 9.69 Å². The molecule has 242 valence electrons. The van der Waals surface area contributed by atoms with E-state index in [9.17, 15) is 9.59 Å². The molecule has 2 aliphatic rings. The molecule has 3 aromatic carbocycles. The Morgan fingerprint density at radius 2 is 1.52 bits per heavy atom. The van der Waals surface area contributed by atoms with Crippen LogP contribution in [0.5, 0.6) is 0 Å². The van der Waals surface area contributed by atoms with Gasteiger partial charge in [0.15, 0.2) is 0 Å². The summed E-state index contributed by atoms with van der Waals surface area (Å²) >= 11 is 0. The number of hydrogen-bond donors (Lipinski definition) is 1. The number of nitrogens with two attached hydrogens (primary N) is 1. The Morgan fingerprint density at radius 3 is 2.15 bits per heavy atom. The molecule has 46 heavy (non-hydrogen) atoms. The highest BCUT2D eigenvalue weighted by Crippen LogP contribution is 2.52. The number of rotatable bonds is 7. The molecule has 2 heterocycles. The molecule has 2 atom stereocenters. The van der Waals surface area contributed by atoms with Crippen LogP contribution in [-0.4, -0.2) is 46.8 Å². The number of carbonyl (C=O) groups excluding carboxylic acids is 2. The molecule has 0 bridgehead atoms.